The van der Waals surface area contributed by atoms with Crippen LogP contribution in [0.3, 0.4) is 0 Å². The molecule has 0 radical (unpaired) electrons. The molecule has 0 aliphatic heterocycles. The van der Waals surface area contributed by atoms with Gasteiger partial charge in [-0.25, -0.2) is 0 Å². The number of nitrogens with zero attached hydrogens (tertiary/aromatic N) is 1. The van der Waals surface area contributed by atoms with Crippen LogP contribution in [0.5, 0.6) is 0 Å². The van der Waals surface area contributed by atoms with Gasteiger partial charge in [-0.05, 0) is 34.5 Å². The molecule has 2 heterocycles. The van der Waals surface area contributed by atoms with Gasteiger partial charge in [0.2, 0.25) is 5.91 Å². The van der Waals surface area contributed by atoms with Gasteiger partial charge < -0.3 is 5.32 Å². The molecule has 1 amide bonds. The number of amides is 1. The third kappa shape index (κ3) is 3.17. The first-order chi connectivity index (χ1) is 7.84. The lowest BCUT2D eigenvalue weighted by Crippen LogP contribution is -2.24. The Hall–Kier alpha value is -1.68. The van der Waals surface area contributed by atoms with Crippen LogP contribution >= 0.6 is 11.3 Å². The number of pyridine rings is 1. The molecule has 1 N–H and O–H groups in total. The van der Waals surface area contributed by atoms with Crippen molar-refractivity contribution >= 4 is 17.2 Å². The summed E-state index contributed by atoms with van der Waals surface area (Å²) in [5.41, 5.74) is 1.93. The Labute approximate surface area is 98.2 Å². The highest BCUT2D eigenvalue weighted by atomic mass is 32.1. The fraction of sp³-hybridized carbons (Fsp3) is 0.167. The van der Waals surface area contributed by atoms with Crippen molar-refractivity contribution in [3.05, 3.63) is 52.5 Å². The number of hydrogen-bond acceptors (Lipinski definition) is 3. The molecule has 0 bridgehead atoms. The number of carbonyl (C=O) groups excluding carboxylic acids is 1. The van der Waals surface area contributed by atoms with Crippen molar-refractivity contribution in [2.24, 2.45) is 0 Å². The minimum Gasteiger partial charge on any atom is -0.350 e. The van der Waals surface area contributed by atoms with Crippen molar-refractivity contribution in [2.45, 2.75) is 13.0 Å². The number of carbonyl (C=O) groups is 1. The summed E-state index contributed by atoms with van der Waals surface area (Å²) in [5.74, 6) is 0.0315. The van der Waals surface area contributed by atoms with E-state index in [0.29, 0.717) is 13.0 Å². The van der Waals surface area contributed by atoms with Gasteiger partial charge in [-0.2, -0.15) is 11.3 Å². The van der Waals surface area contributed by atoms with E-state index in [1.165, 1.54) is 0 Å². The maximum absolute atomic E-state index is 11.5. The third-order valence-corrected chi connectivity index (χ3v) is 2.87. The van der Waals surface area contributed by atoms with E-state index in [0.717, 1.165) is 11.3 Å². The first-order valence-electron chi connectivity index (χ1n) is 5.02. The van der Waals surface area contributed by atoms with E-state index < -0.39 is 0 Å². The van der Waals surface area contributed by atoms with Crippen LogP contribution in [0.1, 0.15) is 11.3 Å². The van der Waals surface area contributed by atoms with E-state index in [2.05, 4.69) is 10.3 Å². The Morgan fingerprint density at radius 3 is 3.00 bits per heavy atom. The highest BCUT2D eigenvalue weighted by Crippen LogP contribution is 2.06. The standard InChI is InChI=1S/C12H12N2OS/c15-12(7-10-4-6-16-9-10)14-8-11-3-1-2-5-13-11/h1-6,9H,7-8H2,(H,14,15). The van der Waals surface area contributed by atoms with Crippen molar-refractivity contribution < 1.29 is 4.79 Å². The Morgan fingerprint density at radius 1 is 1.38 bits per heavy atom. The van der Waals surface area contributed by atoms with E-state index in [9.17, 15) is 4.79 Å². The molecule has 0 aliphatic rings. The largest absolute Gasteiger partial charge is 0.350 e. The summed E-state index contributed by atoms with van der Waals surface area (Å²) >= 11 is 1.60. The Kier molecular flexibility index (Phi) is 3.66. The number of thiophene rings is 1. The molecule has 0 aromatic carbocycles. The first-order valence-corrected chi connectivity index (χ1v) is 5.96. The molecule has 82 valence electrons. The number of nitrogens with one attached hydrogen (secondary N) is 1. The number of rotatable bonds is 4. The maximum Gasteiger partial charge on any atom is 0.224 e. The normalized spacial score (nSPS) is 10.0. The van der Waals surface area contributed by atoms with Crippen molar-refractivity contribution in [3.8, 4) is 0 Å². The zero-order valence-electron chi connectivity index (χ0n) is 8.72. The van der Waals surface area contributed by atoms with Crippen LogP contribution < -0.4 is 5.32 Å². The summed E-state index contributed by atoms with van der Waals surface area (Å²) < 4.78 is 0. The van der Waals surface area contributed by atoms with Gasteiger partial charge in [-0.15, -0.1) is 0 Å². The Morgan fingerprint density at radius 2 is 2.31 bits per heavy atom. The van der Waals surface area contributed by atoms with Crippen LogP contribution in [0.2, 0.25) is 0 Å². The van der Waals surface area contributed by atoms with E-state index in [1.54, 1.807) is 17.5 Å². The molecule has 4 heteroatoms. The fourth-order valence-corrected chi connectivity index (χ4v) is 2.00. The zero-order valence-corrected chi connectivity index (χ0v) is 9.54. The van der Waals surface area contributed by atoms with Gasteiger partial charge in [-0.3, -0.25) is 9.78 Å². The second-order valence-corrected chi connectivity index (χ2v) is 4.19. The smallest absolute Gasteiger partial charge is 0.224 e. The summed E-state index contributed by atoms with van der Waals surface area (Å²) in [7, 11) is 0. The van der Waals surface area contributed by atoms with Crippen LogP contribution in [0, 0.1) is 0 Å². The number of aromatic nitrogens is 1. The summed E-state index contributed by atoms with van der Waals surface area (Å²) in [6.07, 6.45) is 2.16. The summed E-state index contributed by atoms with van der Waals surface area (Å²) in [6, 6.07) is 7.62. The molecule has 0 fully saturated rings. The molecule has 2 aromatic heterocycles. The second-order valence-electron chi connectivity index (χ2n) is 3.41. The molecule has 0 saturated carbocycles. The topological polar surface area (TPSA) is 42.0 Å². The SMILES string of the molecule is O=C(Cc1ccsc1)NCc1ccccn1. The molecule has 0 aliphatic carbocycles. The Bertz CT molecular complexity index is 439. The van der Waals surface area contributed by atoms with E-state index in [1.807, 2.05) is 35.0 Å². The molecule has 2 rings (SSSR count). The first kappa shape index (κ1) is 10.8. The summed E-state index contributed by atoms with van der Waals surface area (Å²) in [5, 5.41) is 6.80. The van der Waals surface area contributed by atoms with Gasteiger partial charge in [0.15, 0.2) is 0 Å². The van der Waals surface area contributed by atoms with Crippen LogP contribution in [-0.2, 0) is 17.8 Å². The molecular weight excluding hydrogens is 220 g/mol. The minimum absolute atomic E-state index is 0.0315. The molecule has 0 atom stereocenters. The molecule has 0 spiro atoms. The van der Waals surface area contributed by atoms with E-state index in [-0.39, 0.29) is 5.91 Å². The quantitative estimate of drug-likeness (QED) is 0.876. The predicted octanol–water partition coefficient (Wildman–Crippen LogP) is 2.00. The Balaban J connectivity index is 1.80. The zero-order chi connectivity index (χ0) is 11.2. The van der Waals surface area contributed by atoms with Crippen molar-refractivity contribution in [1.82, 2.24) is 10.3 Å². The van der Waals surface area contributed by atoms with Gasteiger partial charge >= 0.3 is 0 Å². The molecule has 2 aromatic rings. The average Bonchev–Trinajstić information content (AvgIpc) is 2.81. The van der Waals surface area contributed by atoms with Crippen molar-refractivity contribution in [3.63, 3.8) is 0 Å². The lowest BCUT2D eigenvalue weighted by molar-refractivity contribution is -0.120. The highest BCUT2D eigenvalue weighted by molar-refractivity contribution is 7.07. The predicted molar refractivity (Wildman–Crippen MR) is 64.1 cm³/mol. The van der Waals surface area contributed by atoms with Crippen LogP contribution in [0.15, 0.2) is 41.2 Å². The van der Waals surface area contributed by atoms with Crippen molar-refractivity contribution in [2.75, 3.05) is 0 Å². The maximum atomic E-state index is 11.5. The van der Waals surface area contributed by atoms with E-state index in [4.69, 9.17) is 0 Å². The van der Waals surface area contributed by atoms with Gasteiger partial charge in [0.05, 0.1) is 18.7 Å². The van der Waals surface area contributed by atoms with E-state index >= 15 is 0 Å². The van der Waals surface area contributed by atoms with Crippen molar-refractivity contribution in [1.29, 1.82) is 0 Å². The fourth-order valence-electron chi connectivity index (χ4n) is 1.33. The molecule has 16 heavy (non-hydrogen) atoms. The molecule has 3 nitrogen and oxygen atoms in total. The van der Waals surface area contributed by atoms with Gasteiger partial charge in [0, 0.05) is 6.20 Å². The summed E-state index contributed by atoms with van der Waals surface area (Å²) in [6.45, 7) is 0.490. The van der Waals surface area contributed by atoms with Gasteiger partial charge in [0.1, 0.15) is 0 Å². The average molecular weight is 232 g/mol. The van der Waals surface area contributed by atoms with Crippen LogP contribution in [0.4, 0.5) is 0 Å². The summed E-state index contributed by atoms with van der Waals surface area (Å²) in [4.78, 5) is 15.7. The van der Waals surface area contributed by atoms with Crippen LogP contribution in [0.25, 0.3) is 0 Å². The van der Waals surface area contributed by atoms with Crippen LogP contribution in [-0.4, -0.2) is 10.9 Å². The highest BCUT2D eigenvalue weighted by Gasteiger charge is 2.03. The number of hydrogen-bond donors (Lipinski definition) is 1. The second kappa shape index (κ2) is 5.42. The van der Waals surface area contributed by atoms with Gasteiger partial charge in [-0.1, -0.05) is 6.07 Å². The minimum atomic E-state index is 0.0315. The molecule has 0 unspecified atom stereocenters. The molecular formula is C12H12N2OS. The lowest BCUT2D eigenvalue weighted by atomic mass is 10.2. The molecule has 0 saturated heterocycles. The monoisotopic (exact) mass is 232 g/mol. The third-order valence-electron chi connectivity index (χ3n) is 2.14. The van der Waals surface area contributed by atoms with Gasteiger partial charge in [0.25, 0.3) is 0 Å². The lowest BCUT2D eigenvalue weighted by Gasteiger charge is -2.03.